The van der Waals surface area contributed by atoms with Gasteiger partial charge in [-0.15, -0.1) is 0 Å². The Morgan fingerprint density at radius 2 is 2.08 bits per heavy atom. The fraction of sp³-hybridized carbons (Fsp3) is 0.423. The second-order valence-electron chi connectivity index (χ2n) is 9.32. The predicted molar refractivity (Wildman–Crippen MR) is 133 cm³/mol. The molecule has 3 atom stereocenters. The molecule has 2 fully saturated rings. The van der Waals surface area contributed by atoms with Crippen LogP contribution in [0.4, 0.5) is 10.1 Å². The van der Waals surface area contributed by atoms with Crippen molar-refractivity contribution < 1.29 is 13.9 Å². The molecule has 5 rings (SSSR count). The molecule has 2 saturated heterocycles. The van der Waals surface area contributed by atoms with Gasteiger partial charge in [-0.3, -0.25) is 10.3 Å². The van der Waals surface area contributed by atoms with Crippen molar-refractivity contribution in [2.45, 2.75) is 30.9 Å². The number of piperazine rings is 1. The van der Waals surface area contributed by atoms with Crippen LogP contribution >= 0.6 is 0 Å². The van der Waals surface area contributed by atoms with E-state index in [9.17, 15) is 9.18 Å². The van der Waals surface area contributed by atoms with Crippen LogP contribution in [0.5, 0.6) is 0 Å². The normalized spacial score (nSPS) is 23.3. The summed E-state index contributed by atoms with van der Waals surface area (Å²) >= 11 is 0. The standard InChI is InChI=1S/C15H18FN3O.C11H12N4O/c1-18-4-5-19-9-15(20-10-13(19)8-18)11-2-3-14(16)12(6-11)7-17;12-7-15(14-13)10-3-4-11-8(5-10)1-2-9(11)6-16/h2-3,6,13,15H,4-5,8-10H2,1H3;3-7,9,12-13H,1-2H2. The summed E-state index contributed by atoms with van der Waals surface area (Å²) in [6, 6.07) is 12.6. The van der Waals surface area contributed by atoms with Gasteiger partial charge in [0.05, 0.1) is 24.0 Å². The summed E-state index contributed by atoms with van der Waals surface area (Å²) in [6.07, 6.45) is 3.62. The van der Waals surface area contributed by atoms with Crippen molar-refractivity contribution in [3.8, 4) is 6.07 Å². The van der Waals surface area contributed by atoms with Gasteiger partial charge in [0.2, 0.25) is 0 Å². The number of hydrogen-bond acceptors (Lipinski definition) is 8. The van der Waals surface area contributed by atoms with Crippen molar-refractivity contribution in [2.24, 2.45) is 5.22 Å². The average molecular weight is 492 g/mol. The van der Waals surface area contributed by atoms with Gasteiger partial charge in [0.25, 0.3) is 0 Å². The Morgan fingerprint density at radius 1 is 1.25 bits per heavy atom. The third-order valence-electron chi connectivity index (χ3n) is 7.09. The molecule has 2 aromatic rings. The molecule has 0 bridgehead atoms. The highest BCUT2D eigenvalue weighted by molar-refractivity contribution is 5.77. The highest BCUT2D eigenvalue weighted by atomic mass is 19.1. The number of nitrogens with zero attached hydrogens (tertiary/aromatic N) is 5. The van der Waals surface area contributed by atoms with Crippen LogP contribution in [0.2, 0.25) is 0 Å². The van der Waals surface area contributed by atoms with Gasteiger partial charge in [0, 0.05) is 38.1 Å². The fourth-order valence-electron chi connectivity index (χ4n) is 5.05. The minimum atomic E-state index is -0.468. The van der Waals surface area contributed by atoms with Crippen LogP contribution in [0.3, 0.4) is 0 Å². The van der Waals surface area contributed by atoms with Crippen LogP contribution in [0.25, 0.3) is 0 Å². The monoisotopic (exact) mass is 491 g/mol. The van der Waals surface area contributed by atoms with Gasteiger partial charge < -0.3 is 14.4 Å². The molecule has 3 aliphatic rings. The van der Waals surface area contributed by atoms with Gasteiger partial charge in [-0.25, -0.2) is 9.40 Å². The number of morpholine rings is 1. The lowest BCUT2D eigenvalue weighted by molar-refractivity contribution is -0.109. The maximum absolute atomic E-state index is 13.4. The van der Waals surface area contributed by atoms with Crippen molar-refractivity contribution in [1.29, 1.82) is 16.2 Å². The van der Waals surface area contributed by atoms with E-state index in [0.717, 1.165) is 68.3 Å². The summed E-state index contributed by atoms with van der Waals surface area (Å²) in [4.78, 5) is 15.6. The second-order valence-corrected chi connectivity index (χ2v) is 9.32. The van der Waals surface area contributed by atoms with Crippen LogP contribution in [0.15, 0.2) is 41.6 Å². The quantitative estimate of drug-likeness (QED) is 0.217. The maximum Gasteiger partial charge on any atom is 0.140 e. The van der Waals surface area contributed by atoms with E-state index in [1.807, 2.05) is 18.2 Å². The molecule has 2 aliphatic heterocycles. The third-order valence-corrected chi connectivity index (χ3v) is 7.09. The number of benzene rings is 2. The van der Waals surface area contributed by atoms with Gasteiger partial charge in [0.15, 0.2) is 0 Å². The second kappa shape index (κ2) is 11.5. The van der Waals surface area contributed by atoms with Crippen molar-refractivity contribution in [1.82, 2.24) is 9.80 Å². The minimum absolute atomic E-state index is 0.00502. The van der Waals surface area contributed by atoms with E-state index in [-0.39, 0.29) is 17.6 Å². The SMILES string of the molecule is CN1CCN2CC(c3ccc(F)c(C#N)c3)OCC2C1.N=CN(N=N)c1ccc2c(c1)CCC2C=O. The van der Waals surface area contributed by atoms with Gasteiger partial charge in [-0.2, -0.15) is 10.8 Å². The number of nitrogens with one attached hydrogen (secondary N) is 2. The summed E-state index contributed by atoms with van der Waals surface area (Å²) in [5.74, 6) is -0.463. The summed E-state index contributed by atoms with van der Waals surface area (Å²) in [7, 11) is 2.13. The molecule has 0 spiro atoms. The van der Waals surface area contributed by atoms with Crippen molar-refractivity contribution >= 4 is 18.3 Å². The minimum Gasteiger partial charge on any atom is -0.371 e. The molecule has 2 aromatic carbocycles. The van der Waals surface area contributed by atoms with Gasteiger partial charge in [0.1, 0.15) is 24.5 Å². The van der Waals surface area contributed by atoms with E-state index in [1.54, 1.807) is 18.2 Å². The number of aldehydes is 1. The van der Waals surface area contributed by atoms with Crippen LogP contribution in [0, 0.1) is 28.1 Å². The number of anilines is 1. The van der Waals surface area contributed by atoms with E-state index in [1.165, 1.54) is 11.1 Å². The number of rotatable bonds is 5. The molecular formula is C26H30FN7O2. The first-order chi connectivity index (χ1) is 17.5. The molecular weight excluding hydrogens is 461 g/mol. The molecule has 0 radical (unpaired) electrons. The Bertz CT molecular complexity index is 1160. The number of ether oxygens (including phenoxy) is 1. The number of hydrogen-bond donors (Lipinski definition) is 2. The average Bonchev–Trinajstić information content (AvgIpc) is 3.32. The molecule has 188 valence electrons. The molecule has 9 nitrogen and oxygen atoms in total. The Balaban J connectivity index is 0.000000174. The molecule has 0 amide bonds. The molecule has 2 N–H and O–H groups in total. The zero-order valence-corrected chi connectivity index (χ0v) is 20.2. The summed E-state index contributed by atoms with van der Waals surface area (Å²) < 4.78 is 19.3. The number of likely N-dealkylation sites (N-methyl/N-ethyl adjacent to an activating group) is 1. The zero-order chi connectivity index (χ0) is 25.7. The van der Waals surface area contributed by atoms with Crippen LogP contribution < -0.4 is 5.01 Å². The molecule has 0 aromatic heterocycles. The highest BCUT2D eigenvalue weighted by Gasteiger charge is 2.33. The van der Waals surface area contributed by atoms with Gasteiger partial charge in [-0.1, -0.05) is 17.4 Å². The van der Waals surface area contributed by atoms with E-state index in [4.69, 9.17) is 20.9 Å². The first kappa shape index (κ1) is 25.6. The van der Waals surface area contributed by atoms with E-state index >= 15 is 0 Å². The smallest absolute Gasteiger partial charge is 0.140 e. The van der Waals surface area contributed by atoms with Crippen molar-refractivity contribution in [2.75, 3.05) is 44.8 Å². The first-order valence-electron chi connectivity index (χ1n) is 12.0. The molecule has 1 aliphatic carbocycles. The summed E-state index contributed by atoms with van der Waals surface area (Å²) in [6.45, 7) is 4.63. The van der Waals surface area contributed by atoms with Gasteiger partial charge >= 0.3 is 0 Å². The van der Waals surface area contributed by atoms with Crippen LogP contribution in [-0.4, -0.2) is 68.3 Å². The number of halogens is 1. The lowest BCUT2D eigenvalue weighted by atomic mass is 10.0. The lowest BCUT2D eigenvalue weighted by Crippen LogP contribution is -2.57. The lowest BCUT2D eigenvalue weighted by Gasteiger charge is -2.45. The first-order valence-corrected chi connectivity index (χ1v) is 12.0. The Morgan fingerprint density at radius 3 is 2.81 bits per heavy atom. The molecule has 0 saturated carbocycles. The number of carbonyl (C=O) groups excluding carboxylic acids is 1. The number of aryl methyl sites for hydroxylation is 1. The number of fused-ring (bicyclic) bond motifs is 2. The molecule has 36 heavy (non-hydrogen) atoms. The Hall–Kier alpha value is -3.52. The van der Waals surface area contributed by atoms with Crippen LogP contribution in [0.1, 0.15) is 40.7 Å². The van der Waals surface area contributed by atoms with E-state index < -0.39 is 5.82 Å². The predicted octanol–water partition coefficient (Wildman–Crippen LogP) is 3.66. The van der Waals surface area contributed by atoms with E-state index in [0.29, 0.717) is 18.3 Å². The van der Waals surface area contributed by atoms with E-state index in [2.05, 4.69) is 22.1 Å². The van der Waals surface area contributed by atoms with Crippen molar-refractivity contribution in [3.05, 3.63) is 64.5 Å². The molecule has 3 unspecified atom stereocenters. The highest BCUT2D eigenvalue weighted by Crippen LogP contribution is 2.34. The van der Waals surface area contributed by atoms with Crippen LogP contribution in [-0.2, 0) is 16.0 Å². The Labute approximate surface area is 210 Å². The van der Waals surface area contributed by atoms with Crippen molar-refractivity contribution in [3.63, 3.8) is 0 Å². The Kier molecular flexibility index (Phi) is 8.15. The largest absolute Gasteiger partial charge is 0.371 e. The molecule has 2 heterocycles. The van der Waals surface area contributed by atoms with Gasteiger partial charge in [-0.05, 0) is 60.8 Å². The topological polar surface area (TPSA) is 120 Å². The number of nitriles is 1. The number of carbonyl (C=O) groups is 1. The maximum atomic E-state index is 13.4. The molecule has 10 heteroatoms. The fourth-order valence-corrected chi connectivity index (χ4v) is 5.05. The zero-order valence-electron chi connectivity index (χ0n) is 20.2. The summed E-state index contributed by atoms with van der Waals surface area (Å²) in [5, 5.41) is 20.4. The summed E-state index contributed by atoms with van der Waals surface area (Å²) in [5.41, 5.74) is 10.8. The third kappa shape index (κ3) is 5.49.